The number of aromatic nitrogens is 1. The minimum absolute atomic E-state index is 0.0872. The molecule has 5 nitrogen and oxygen atoms in total. The molecular weight excluding hydrogens is 254 g/mol. The van der Waals surface area contributed by atoms with E-state index in [4.69, 9.17) is 5.73 Å². The Labute approximate surface area is 116 Å². The summed E-state index contributed by atoms with van der Waals surface area (Å²) in [5.74, 6) is -0.341. The Bertz CT molecular complexity index is 670. The normalized spacial score (nSPS) is 13.9. The number of pyridine rings is 1. The summed E-state index contributed by atoms with van der Waals surface area (Å²) >= 11 is 0. The lowest BCUT2D eigenvalue weighted by atomic mass is 9.98. The summed E-state index contributed by atoms with van der Waals surface area (Å²) in [4.78, 5) is 18.0. The standard InChI is InChI=1S/C15H15N3O2/c16-12-4-1-3-10-9-18(8-6-11(10)12)15(20)14-13(19)5-2-7-17-14/h1-5,7,19H,6,8-9,16H2. The predicted octanol–water partition coefficient (Wildman–Crippen LogP) is 1.57. The lowest BCUT2D eigenvalue weighted by Crippen LogP contribution is -2.36. The average molecular weight is 269 g/mol. The molecule has 20 heavy (non-hydrogen) atoms. The van der Waals surface area contributed by atoms with E-state index in [-0.39, 0.29) is 17.4 Å². The number of nitrogens with zero attached hydrogens (tertiary/aromatic N) is 2. The van der Waals surface area contributed by atoms with Crippen molar-refractivity contribution in [3.63, 3.8) is 0 Å². The molecule has 1 aromatic heterocycles. The van der Waals surface area contributed by atoms with E-state index in [2.05, 4.69) is 4.98 Å². The van der Waals surface area contributed by atoms with Gasteiger partial charge in [-0.1, -0.05) is 12.1 Å². The zero-order valence-electron chi connectivity index (χ0n) is 10.9. The molecule has 0 spiro atoms. The van der Waals surface area contributed by atoms with E-state index in [0.717, 1.165) is 23.2 Å². The summed E-state index contributed by atoms with van der Waals surface area (Å²) in [7, 11) is 0. The fraction of sp³-hybridized carbons (Fsp3) is 0.200. The lowest BCUT2D eigenvalue weighted by Gasteiger charge is -2.29. The molecule has 2 heterocycles. The fourth-order valence-corrected chi connectivity index (χ4v) is 2.52. The number of carbonyl (C=O) groups is 1. The Morgan fingerprint density at radius 3 is 2.95 bits per heavy atom. The van der Waals surface area contributed by atoms with Crippen LogP contribution in [0, 0.1) is 0 Å². The van der Waals surface area contributed by atoms with Crippen molar-refractivity contribution in [2.45, 2.75) is 13.0 Å². The number of carbonyl (C=O) groups excluding carboxylic acids is 1. The molecule has 102 valence electrons. The van der Waals surface area contributed by atoms with E-state index < -0.39 is 0 Å². The smallest absolute Gasteiger partial charge is 0.276 e. The molecule has 2 aromatic rings. The van der Waals surface area contributed by atoms with Crippen LogP contribution in [0.25, 0.3) is 0 Å². The number of nitrogens with two attached hydrogens (primary N) is 1. The van der Waals surface area contributed by atoms with E-state index in [1.165, 1.54) is 12.3 Å². The highest BCUT2D eigenvalue weighted by molar-refractivity contribution is 5.94. The van der Waals surface area contributed by atoms with Crippen LogP contribution in [0.4, 0.5) is 5.69 Å². The highest BCUT2D eigenvalue weighted by Gasteiger charge is 2.25. The van der Waals surface area contributed by atoms with Gasteiger partial charge in [0, 0.05) is 25.0 Å². The van der Waals surface area contributed by atoms with Gasteiger partial charge in [-0.25, -0.2) is 4.98 Å². The molecule has 1 amide bonds. The maximum Gasteiger partial charge on any atom is 0.276 e. The first-order chi connectivity index (χ1) is 9.66. The topological polar surface area (TPSA) is 79.5 Å². The quantitative estimate of drug-likeness (QED) is 0.770. The Hall–Kier alpha value is -2.56. The molecule has 5 heteroatoms. The summed E-state index contributed by atoms with van der Waals surface area (Å²) in [6, 6.07) is 8.80. The molecule has 0 unspecified atom stereocenters. The van der Waals surface area contributed by atoms with Crippen LogP contribution in [0.15, 0.2) is 36.5 Å². The largest absolute Gasteiger partial charge is 0.505 e. The minimum Gasteiger partial charge on any atom is -0.505 e. The highest BCUT2D eigenvalue weighted by atomic mass is 16.3. The second-order valence-corrected chi connectivity index (χ2v) is 4.83. The van der Waals surface area contributed by atoms with Crippen molar-refractivity contribution in [3.05, 3.63) is 53.3 Å². The summed E-state index contributed by atoms with van der Waals surface area (Å²) in [5, 5.41) is 9.72. The Morgan fingerprint density at radius 2 is 2.15 bits per heavy atom. The Morgan fingerprint density at radius 1 is 1.30 bits per heavy atom. The number of anilines is 1. The summed E-state index contributed by atoms with van der Waals surface area (Å²) in [6.45, 7) is 1.07. The molecule has 1 aliphatic rings. The molecule has 1 aromatic carbocycles. The molecule has 0 atom stereocenters. The Balaban J connectivity index is 1.88. The number of aromatic hydroxyl groups is 1. The first kappa shape index (κ1) is 12.5. The van der Waals surface area contributed by atoms with Crippen LogP contribution in [0.1, 0.15) is 21.6 Å². The first-order valence-electron chi connectivity index (χ1n) is 6.46. The zero-order chi connectivity index (χ0) is 14.1. The zero-order valence-corrected chi connectivity index (χ0v) is 10.9. The number of hydrogen-bond acceptors (Lipinski definition) is 4. The van der Waals surface area contributed by atoms with E-state index in [1.54, 1.807) is 11.0 Å². The van der Waals surface area contributed by atoms with Gasteiger partial charge in [-0.2, -0.15) is 0 Å². The van der Waals surface area contributed by atoms with Crippen LogP contribution in [0.5, 0.6) is 5.75 Å². The molecule has 0 fully saturated rings. The third-order valence-corrected chi connectivity index (χ3v) is 3.58. The van der Waals surface area contributed by atoms with Crippen molar-refractivity contribution in [2.24, 2.45) is 0 Å². The predicted molar refractivity (Wildman–Crippen MR) is 75.2 cm³/mol. The third-order valence-electron chi connectivity index (χ3n) is 3.58. The van der Waals surface area contributed by atoms with Crippen molar-refractivity contribution in [3.8, 4) is 5.75 Å². The van der Waals surface area contributed by atoms with Gasteiger partial charge in [0.25, 0.3) is 5.91 Å². The van der Waals surface area contributed by atoms with Crippen molar-refractivity contribution in [1.82, 2.24) is 9.88 Å². The van der Waals surface area contributed by atoms with Crippen molar-refractivity contribution >= 4 is 11.6 Å². The van der Waals surface area contributed by atoms with Crippen molar-refractivity contribution in [2.75, 3.05) is 12.3 Å². The van der Waals surface area contributed by atoms with Gasteiger partial charge in [0.1, 0.15) is 5.75 Å². The van der Waals surface area contributed by atoms with Crippen LogP contribution in [-0.4, -0.2) is 27.4 Å². The molecular formula is C15H15N3O2. The molecule has 0 aliphatic carbocycles. The summed E-state index contributed by atoms with van der Waals surface area (Å²) in [6.07, 6.45) is 2.23. The molecule has 0 bridgehead atoms. The first-order valence-corrected chi connectivity index (χ1v) is 6.46. The van der Waals surface area contributed by atoms with Gasteiger partial charge in [-0.3, -0.25) is 4.79 Å². The van der Waals surface area contributed by atoms with Gasteiger partial charge in [0.15, 0.2) is 5.69 Å². The third kappa shape index (κ3) is 2.07. The van der Waals surface area contributed by atoms with Gasteiger partial charge in [0.05, 0.1) is 0 Å². The van der Waals surface area contributed by atoms with Gasteiger partial charge in [0.2, 0.25) is 0 Å². The van der Waals surface area contributed by atoms with Gasteiger partial charge >= 0.3 is 0 Å². The number of hydrogen-bond donors (Lipinski definition) is 2. The number of rotatable bonds is 1. The summed E-state index contributed by atoms with van der Waals surface area (Å²) in [5.41, 5.74) is 8.98. The van der Waals surface area contributed by atoms with Crippen LogP contribution in [0.3, 0.4) is 0 Å². The molecule has 3 N–H and O–H groups in total. The second kappa shape index (κ2) is 4.85. The lowest BCUT2D eigenvalue weighted by molar-refractivity contribution is 0.0725. The van der Waals surface area contributed by atoms with Gasteiger partial charge in [-0.05, 0) is 35.7 Å². The van der Waals surface area contributed by atoms with Gasteiger partial charge in [-0.15, -0.1) is 0 Å². The monoisotopic (exact) mass is 269 g/mol. The maximum atomic E-state index is 12.4. The van der Waals surface area contributed by atoms with E-state index >= 15 is 0 Å². The molecule has 1 aliphatic heterocycles. The molecule has 0 saturated heterocycles. The average Bonchev–Trinajstić information content (AvgIpc) is 2.47. The molecule has 0 saturated carbocycles. The minimum atomic E-state index is -0.254. The highest BCUT2D eigenvalue weighted by Crippen LogP contribution is 2.26. The maximum absolute atomic E-state index is 12.4. The van der Waals surface area contributed by atoms with E-state index in [9.17, 15) is 9.90 Å². The summed E-state index contributed by atoms with van der Waals surface area (Å²) < 4.78 is 0. The second-order valence-electron chi connectivity index (χ2n) is 4.83. The fourth-order valence-electron chi connectivity index (χ4n) is 2.52. The van der Waals surface area contributed by atoms with E-state index in [0.29, 0.717) is 13.1 Å². The van der Waals surface area contributed by atoms with Crippen molar-refractivity contribution in [1.29, 1.82) is 0 Å². The molecule has 0 radical (unpaired) electrons. The van der Waals surface area contributed by atoms with Crippen molar-refractivity contribution < 1.29 is 9.90 Å². The number of fused-ring (bicyclic) bond motifs is 1. The SMILES string of the molecule is Nc1cccc2c1CCN(C(=O)c1ncccc1O)C2. The number of amides is 1. The van der Waals surface area contributed by atoms with Crippen LogP contribution in [-0.2, 0) is 13.0 Å². The van der Waals surface area contributed by atoms with Gasteiger partial charge < -0.3 is 15.7 Å². The van der Waals surface area contributed by atoms with E-state index in [1.807, 2.05) is 18.2 Å². The van der Waals surface area contributed by atoms with Crippen LogP contribution in [0.2, 0.25) is 0 Å². The molecule has 3 rings (SSSR count). The Kier molecular flexibility index (Phi) is 3.02. The number of nitrogen functional groups attached to an aromatic ring is 1. The van der Waals surface area contributed by atoms with Crippen LogP contribution < -0.4 is 5.73 Å². The van der Waals surface area contributed by atoms with Crippen LogP contribution >= 0.6 is 0 Å². The number of benzene rings is 1.